The molecule has 0 fully saturated rings. The van der Waals surface area contributed by atoms with Crippen LogP contribution in [0.15, 0.2) is 35.2 Å². The Morgan fingerprint density at radius 1 is 1.17 bits per heavy atom. The summed E-state index contributed by atoms with van der Waals surface area (Å²) in [5.74, 6) is 2.42. The third kappa shape index (κ3) is 5.74. The predicted octanol–water partition coefficient (Wildman–Crippen LogP) is 2.80. The number of hydrogen-bond donors (Lipinski definition) is 2. The molecule has 2 rings (SSSR count). The summed E-state index contributed by atoms with van der Waals surface area (Å²) in [5, 5.41) is 12.6. The van der Waals surface area contributed by atoms with Crippen molar-refractivity contribution in [2.45, 2.75) is 16.8 Å². The van der Waals surface area contributed by atoms with Crippen LogP contribution >= 0.6 is 23.4 Å². The maximum absolute atomic E-state index is 9.44. The van der Waals surface area contributed by atoms with Crippen molar-refractivity contribution in [3.05, 3.63) is 36.2 Å². The first kappa shape index (κ1) is 18.6. The fourth-order valence-electron chi connectivity index (χ4n) is 1.83. The van der Waals surface area contributed by atoms with Gasteiger partial charge >= 0.3 is 0 Å². The van der Waals surface area contributed by atoms with E-state index in [1.807, 2.05) is 24.3 Å². The largest absolute Gasteiger partial charge is 0.481 e. The number of aliphatic hydroxyl groups excluding tert-OH is 1. The molecule has 0 saturated heterocycles. The minimum atomic E-state index is -0.555. The molecule has 130 valence electrons. The molecule has 0 spiro atoms. The highest BCUT2D eigenvalue weighted by Crippen LogP contribution is 2.25. The van der Waals surface area contributed by atoms with Crippen molar-refractivity contribution in [3.8, 4) is 11.8 Å². The van der Waals surface area contributed by atoms with Gasteiger partial charge in [-0.2, -0.15) is 9.97 Å². The molecule has 0 aliphatic heterocycles. The zero-order chi connectivity index (χ0) is 17.4. The van der Waals surface area contributed by atoms with Gasteiger partial charge in [0.25, 0.3) is 0 Å². The first-order chi connectivity index (χ1) is 11.6. The fraction of sp³-hybridized carbons (Fsp3) is 0.375. The molecule has 0 bridgehead atoms. The van der Waals surface area contributed by atoms with Crippen molar-refractivity contribution in [3.63, 3.8) is 0 Å². The van der Waals surface area contributed by atoms with Crippen LogP contribution in [0.3, 0.4) is 0 Å². The Morgan fingerprint density at radius 3 is 2.33 bits per heavy atom. The number of aromatic nitrogens is 2. The van der Waals surface area contributed by atoms with E-state index in [-0.39, 0.29) is 5.88 Å². The van der Waals surface area contributed by atoms with Crippen LogP contribution in [-0.2, 0) is 5.75 Å². The van der Waals surface area contributed by atoms with Gasteiger partial charge in [-0.1, -0.05) is 0 Å². The topological polar surface area (TPSA) is 76.5 Å². The summed E-state index contributed by atoms with van der Waals surface area (Å²) in [4.78, 5) is 9.69. The number of methoxy groups -OCH3 is 2. The fourth-order valence-corrected chi connectivity index (χ4v) is 2.69. The Balaban J connectivity index is 1.92. The molecule has 1 atom stereocenters. The lowest BCUT2D eigenvalue weighted by molar-refractivity contribution is 0.211. The molecule has 1 heterocycles. The Labute approximate surface area is 150 Å². The highest BCUT2D eigenvalue weighted by molar-refractivity contribution is 7.98. The van der Waals surface area contributed by atoms with Crippen LogP contribution in [0.25, 0.3) is 0 Å². The van der Waals surface area contributed by atoms with Gasteiger partial charge in [-0.25, -0.2) is 0 Å². The lowest BCUT2D eigenvalue weighted by Gasteiger charge is -2.10. The minimum Gasteiger partial charge on any atom is -0.481 e. The van der Waals surface area contributed by atoms with Crippen molar-refractivity contribution < 1.29 is 14.6 Å². The van der Waals surface area contributed by atoms with Crippen molar-refractivity contribution in [1.82, 2.24) is 9.97 Å². The molecule has 1 unspecified atom stereocenters. The maximum Gasteiger partial charge on any atom is 0.220 e. The SMILES string of the molecule is COc1cc(OC)nc(CSc2ccc(NCC(O)CCl)cc2)n1. The smallest absolute Gasteiger partial charge is 0.220 e. The molecule has 1 aromatic heterocycles. The number of benzene rings is 1. The minimum absolute atomic E-state index is 0.213. The van der Waals surface area contributed by atoms with E-state index in [4.69, 9.17) is 21.1 Å². The van der Waals surface area contributed by atoms with Crippen LogP contribution in [0.4, 0.5) is 5.69 Å². The number of ether oxygens (including phenoxy) is 2. The predicted molar refractivity (Wildman–Crippen MR) is 96.4 cm³/mol. The Hall–Kier alpha value is -1.70. The Morgan fingerprint density at radius 2 is 1.79 bits per heavy atom. The molecule has 24 heavy (non-hydrogen) atoms. The Kier molecular flexibility index (Phi) is 7.42. The second-order valence-corrected chi connectivity index (χ2v) is 6.23. The number of hydrogen-bond acceptors (Lipinski definition) is 7. The summed E-state index contributed by atoms with van der Waals surface area (Å²) in [5.41, 5.74) is 0.933. The zero-order valence-corrected chi connectivity index (χ0v) is 15.1. The van der Waals surface area contributed by atoms with E-state index in [9.17, 15) is 5.11 Å². The average Bonchev–Trinajstić information content (AvgIpc) is 2.64. The standard InChI is InChI=1S/C16H20ClN3O3S/c1-22-15-7-16(23-2)20-14(19-15)10-24-13-5-3-11(4-6-13)18-9-12(21)8-17/h3-7,12,18,21H,8-10H2,1-2H3. The monoisotopic (exact) mass is 369 g/mol. The van der Waals surface area contributed by atoms with E-state index in [1.165, 1.54) is 0 Å². The van der Waals surface area contributed by atoms with Gasteiger partial charge in [0.1, 0.15) is 5.82 Å². The van der Waals surface area contributed by atoms with Crippen LogP contribution < -0.4 is 14.8 Å². The number of nitrogens with zero attached hydrogens (tertiary/aromatic N) is 2. The molecule has 6 nitrogen and oxygen atoms in total. The number of alkyl halides is 1. The molecule has 2 N–H and O–H groups in total. The highest BCUT2D eigenvalue weighted by atomic mass is 35.5. The normalized spacial score (nSPS) is 11.8. The van der Waals surface area contributed by atoms with Gasteiger partial charge in [0, 0.05) is 17.1 Å². The van der Waals surface area contributed by atoms with Gasteiger partial charge in [-0.15, -0.1) is 23.4 Å². The quantitative estimate of drug-likeness (QED) is 0.520. The molecular formula is C16H20ClN3O3S. The third-order valence-corrected chi connectivity index (χ3v) is 4.45. The van der Waals surface area contributed by atoms with E-state index in [1.54, 1.807) is 32.0 Å². The summed E-state index contributed by atoms with van der Waals surface area (Å²) >= 11 is 7.18. The van der Waals surface area contributed by atoms with E-state index in [2.05, 4.69) is 15.3 Å². The number of rotatable bonds is 9. The van der Waals surface area contributed by atoms with Crippen LogP contribution in [0.2, 0.25) is 0 Å². The zero-order valence-electron chi connectivity index (χ0n) is 13.5. The Bertz CT molecular complexity index is 621. The second-order valence-electron chi connectivity index (χ2n) is 4.87. The number of thioether (sulfide) groups is 1. The molecule has 8 heteroatoms. The summed E-state index contributed by atoms with van der Waals surface area (Å²) in [6.07, 6.45) is -0.555. The van der Waals surface area contributed by atoms with Gasteiger partial charge < -0.3 is 19.9 Å². The molecule has 0 saturated carbocycles. The number of nitrogens with one attached hydrogen (secondary N) is 1. The summed E-state index contributed by atoms with van der Waals surface area (Å²) in [6, 6.07) is 9.55. The molecule has 1 aromatic carbocycles. The summed E-state index contributed by atoms with van der Waals surface area (Å²) in [6.45, 7) is 0.424. The van der Waals surface area contributed by atoms with E-state index in [0.717, 1.165) is 10.6 Å². The van der Waals surface area contributed by atoms with E-state index < -0.39 is 6.10 Å². The first-order valence-corrected chi connectivity index (χ1v) is 8.83. The average molecular weight is 370 g/mol. The molecule has 0 amide bonds. The van der Waals surface area contributed by atoms with Crippen LogP contribution in [-0.4, -0.2) is 47.8 Å². The lowest BCUT2D eigenvalue weighted by Crippen LogP contribution is -2.20. The molecule has 0 radical (unpaired) electrons. The van der Waals surface area contributed by atoms with Gasteiger partial charge in [-0.3, -0.25) is 0 Å². The summed E-state index contributed by atoms with van der Waals surface area (Å²) < 4.78 is 10.3. The van der Waals surface area contributed by atoms with Crippen LogP contribution in [0, 0.1) is 0 Å². The van der Waals surface area contributed by atoms with Gasteiger partial charge in [0.05, 0.1) is 38.0 Å². The van der Waals surface area contributed by atoms with Crippen molar-refractivity contribution >= 4 is 29.1 Å². The van der Waals surface area contributed by atoms with Crippen molar-refractivity contribution in [2.24, 2.45) is 0 Å². The van der Waals surface area contributed by atoms with Gasteiger partial charge in [0.15, 0.2) is 0 Å². The lowest BCUT2D eigenvalue weighted by atomic mass is 10.3. The van der Waals surface area contributed by atoms with Gasteiger partial charge in [-0.05, 0) is 24.3 Å². The third-order valence-electron chi connectivity index (χ3n) is 3.09. The first-order valence-electron chi connectivity index (χ1n) is 7.31. The molecular weight excluding hydrogens is 350 g/mol. The number of anilines is 1. The van der Waals surface area contributed by atoms with Crippen LogP contribution in [0.5, 0.6) is 11.8 Å². The van der Waals surface area contributed by atoms with Crippen molar-refractivity contribution in [2.75, 3.05) is 32.0 Å². The number of halogens is 1. The van der Waals surface area contributed by atoms with E-state index in [0.29, 0.717) is 29.9 Å². The van der Waals surface area contributed by atoms with E-state index >= 15 is 0 Å². The number of aliphatic hydroxyl groups is 1. The van der Waals surface area contributed by atoms with Crippen LogP contribution in [0.1, 0.15) is 5.82 Å². The second kappa shape index (κ2) is 9.56. The maximum atomic E-state index is 9.44. The molecule has 0 aliphatic carbocycles. The van der Waals surface area contributed by atoms with Gasteiger partial charge in [0.2, 0.25) is 11.8 Å². The highest BCUT2D eigenvalue weighted by Gasteiger charge is 2.06. The molecule has 2 aromatic rings. The molecule has 0 aliphatic rings. The van der Waals surface area contributed by atoms with Crippen molar-refractivity contribution in [1.29, 1.82) is 0 Å². The summed E-state index contributed by atoms with van der Waals surface area (Å²) in [7, 11) is 3.12.